The Morgan fingerprint density at radius 1 is 0.667 bits per heavy atom. The lowest BCUT2D eigenvalue weighted by Crippen LogP contribution is -1.92. The van der Waals surface area contributed by atoms with E-state index < -0.39 is 0 Å². The van der Waals surface area contributed by atoms with Gasteiger partial charge >= 0.3 is 0 Å². The first-order valence-corrected chi connectivity index (χ1v) is 8.39. The highest BCUT2D eigenvalue weighted by Crippen LogP contribution is 2.40. The summed E-state index contributed by atoms with van der Waals surface area (Å²) < 4.78 is 0. The van der Waals surface area contributed by atoms with Crippen LogP contribution in [-0.2, 0) is 0 Å². The van der Waals surface area contributed by atoms with Crippen molar-refractivity contribution in [2.24, 2.45) is 0 Å². The van der Waals surface area contributed by atoms with Gasteiger partial charge in [0.2, 0.25) is 0 Å². The lowest BCUT2D eigenvalue weighted by atomic mass is 9.98. The summed E-state index contributed by atoms with van der Waals surface area (Å²) in [5.74, 6) is 0. The zero-order valence-corrected chi connectivity index (χ0v) is 14.2. The fourth-order valence-corrected chi connectivity index (χ4v) is 3.42. The van der Waals surface area contributed by atoms with Crippen LogP contribution in [0.5, 0.6) is 0 Å². The first-order valence-electron chi connectivity index (χ1n) is 7.63. The first-order chi connectivity index (χ1) is 11.7. The van der Waals surface area contributed by atoms with Crippen LogP contribution < -0.4 is 0 Å². The minimum Gasteiger partial charge on any atom is -0.246 e. The summed E-state index contributed by atoms with van der Waals surface area (Å²) in [6.07, 6.45) is 0. The molecule has 4 rings (SSSR count). The molecule has 0 N–H and O–H groups in total. The van der Waals surface area contributed by atoms with Gasteiger partial charge in [-0.3, -0.25) is 0 Å². The molecule has 116 valence electrons. The van der Waals surface area contributed by atoms with E-state index >= 15 is 0 Å². The SMILES string of the molecule is Clc1ccc2nc(-c3ccccc3)c(Cl)c(-c3ccccc3)c2c1. The number of nitrogens with zero attached hydrogens (tertiary/aromatic N) is 1. The third-order valence-corrected chi connectivity index (χ3v) is 4.60. The molecule has 0 unspecified atom stereocenters. The van der Waals surface area contributed by atoms with Crippen molar-refractivity contribution in [3.8, 4) is 22.4 Å². The van der Waals surface area contributed by atoms with Crippen LogP contribution in [0.1, 0.15) is 0 Å². The number of rotatable bonds is 2. The molecule has 0 saturated heterocycles. The molecule has 0 amide bonds. The summed E-state index contributed by atoms with van der Waals surface area (Å²) in [6.45, 7) is 0. The van der Waals surface area contributed by atoms with Gasteiger partial charge in [-0.05, 0) is 23.8 Å². The summed E-state index contributed by atoms with van der Waals surface area (Å²) in [7, 11) is 0. The molecule has 0 aliphatic carbocycles. The number of fused-ring (bicyclic) bond motifs is 1. The molecule has 0 aliphatic heterocycles. The summed E-state index contributed by atoms with van der Waals surface area (Å²) in [5.41, 5.74) is 4.67. The van der Waals surface area contributed by atoms with Crippen LogP contribution >= 0.6 is 23.2 Å². The monoisotopic (exact) mass is 349 g/mol. The summed E-state index contributed by atoms with van der Waals surface area (Å²) in [4.78, 5) is 4.78. The lowest BCUT2D eigenvalue weighted by molar-refractivity contribution is 1.40. The lowest BCUT2D eigenvalue weighted by Gasteiger charge is -2.14. The van der Waals surface area contributed by atoms with Crippen LogP contribution in [0.4, 0.5) is 0 Å². The average Bonchev–Trinajstić information content (AvgIpc) is 2.63. The second-order valence-corrected chi connectivity index (χ2v) is 6.36. The van der Waals surface area contributed by atoms with E-state index in [9.17, 15) is 0 Å². The van der Waals surface area contributed by atoms with Crippen molar-refractivity contribution in [2.45, 2.75) is 0 Å². The van der Waals surface area contributed by atoms with E-state index in [-0.39, 0.29) is 0 Å². The maximum atomic E-state index is 6.80. The molecule has 0 spiro atoms. The maximum Gasteiger partial charge on any atom is 0.0902 e. The van der Waals surface area contributed by atoms with Crippen LogP contribution in [-0.4, -0.2) is 4.98 Å². The highest BCUT2D eigenvalue weighted by atomic mass is 35.5. The van der Waals surface area contributed by atoms with Gasteiger partial charge in [-0.1, -0.05) is 83.9 Å². The van der Waals surface area contributed by atoms with Crippen LogP contribution in [0.25, 0.3) is 33.3 Å². The zero-order valence-electron chi connectivity index (χ0n) is 12.7. The van der Waals surface area contributed by atoms with E-state index in [4.69, 9.17) is 28.2 Å². The number of aromatic nitrogens is 1. The molecule has 4 aromatic rings. The number of pyridine rings is 1. The predicted molar refractivity (Wildman–Crippen MR) is 103 cm³/mol. The highest BCUT2D eigenvalue weighted by Gasteiger charge is 2.16. The van der Waals surface area contributed by atoms with Crippen molar-refractivity contribution in [1.29, 1.82) is 0 Å². The van der Waals surface area contributed by atoms with Crippen molar-refractivity contribution in [3.63, 3.8) is 0 Å². The second kappa shape index (κ2) is 6.27. The van der Waals surface area contributed by atoms with E-state index in [0.29, 0.717) is 10.0 Å². The largest absolute Gasteiger partial charge is 0.246 e. The van der Waals surface area contributed by atoms with E-state index in [2.05, 4.69) is 12.1 Å². The summed E-state index contributed by atoms with van der Waals surface area (Å²) >= 11 is 13.0. The smallest absolute Gasteiger partial charge is 0.0902 e. The van der Waals surface area contributed by atoms with Crippen LogP contribution in [0.2, 0.25) is 10.0 Å². The molecule has 0 fully saturated rings. The van der Waals surface area contributed by atoms with Gasteiger partial charge in [0, 0.05) is 21.5 Å². The molecule has 0 radical (unpaired) electrons. The van der Waals surface area contributed by atoms with Crippen molar-refractivity contribution in [1.82, 2.24) is 4.98 Å². The molecule has 0 saturated carbocycles. The molecule has 24 heavy (non-hydrogen) atoms. The molecule has 0 aliphatic rings. The Balaban J connectivity index is 2.11. The number of hydrogen-bond acceptors (Lipinski definition) is 1. The highest BCUT2D eigenvalue weighted by molar-refractivity contribution is 6.38. The van der Waals surface area contributed by atoms with Gasteiger partial charge in [0.05, 0.1) is 16.2 Å². The Morgan fingerprint density at radius 2 is 1.29 bits per heavy atom. The third kappa shape index (κ3) is 2.66. The summed E-state index contributed by atoms with van der Waals surface area (Å²) in [6, 6.07) is 25.8. The second-order valence-electron chi connectivity index (χ2n) is 5.54. The van der Waals surface area contributed by atoms with Gasteiger partial charge in [-0.25, -0.2) is 4.98 Å². The van der Waals surface area contributed by atoms with Crippen LogP contribution in [0.15, 0.2) is 78.9 Å². The fraction of sp³-hybridized carbons (Fsp3) is 0. The Hall–Kier alpha value is -2.35. The van der Waals surface area contributed by atoms with Crippen molar-refractivity contribution < 1.29 is 0 Å². The minimum atomic E-state index is 0.641. The van der Waals surface area contributed by atoms with Crippen molar-refractivity contribution in [2.75, 3.05) is 0 Å². The van der Waals surface area contributed by atoms with Gasteiger partial charge in [-0.15, -0.1) is 0 Å². The van der Waals surface area contributed by atoms with Gasteiger partial charge in [0.1, 0.15) is 0 Å². The van der Waals surface area contributed by atoms with Crippen LogP contribution in [0.3, 0.4) is 0 Å². The van der Waals surface area contributed by atoms with E-state index in [1.165, 1.54) is 0 Å². The van der Waals surface area contributed by atoms with Crippen LogP contribution in [0, 0.1) is 0 Å². The number of benzene rings is 3. The fourth-order valence-electron chi connectivity index (χ4n) is 2.89. The molecule has 1 nitrogen and oxygen atoms in total. The van der Waals surface area contributed by atoms with Crippen molar-refractivity contribution >= 4 is 34.1 Å². The molecule has 1 aromatic heterocycles. The maximum absolute atomic E-state index is 6.80. The molecule has 1 heterocycles. The Kier molecular flexibility index (Phi) is 3.97. The Labute approximate surface area is 150 Å². The van der Waals surface area contributed by atoms with Gasteiger partial charge in [-0.2, -0.15) is 0 Å². The quantitative estimate of drug-likeness (QED) is 0.384. The first kappa shape index (κ1) is 15.2. The number of halogens is 2. The molecule has 0 atom stereocenters. The third-order valence-electron chi connectivity index (χ3n) is 4.00. The molecule has 0 bridgehead atoms. The zero-order chi connectivity index (χ0) is 16.5. The van der Waals surface area contributed by atoms with Gasteiger partial charge in [0.15, 0.2) is 0 Å². The van der Waals surface area contributed by atoms with E-state index in [0.717, 1.165) is 33.3 Å². The van der Waals surface area contributed by atoms with Gasteiger partial charge < -0.3 is 0 Å². The topological polar surface area (TPSA) is 12.9 Å². The average molecular weight is 350 g/mol. The number of hydrogen-bond donors (Lipinski definition) is 0. The minimum absolute atomic E-state index is 0.641. The standard InChI is InChI=1S/C21H13Cl2N/c22-16-11-12-18-17(13-16)19(14-7-3-1-4-8-14)20(23)21(24-18)15-9-5-2-6-10-15/h1-13H. The van der Waals surface area contributed by atoms with Gasteiger partial charge in [0.25, 0.3) is 0 Å². The predicted octanol–water partition coefficient (Wildman–Crippen LogP) is 6.88. The van der Waals surface area contributed by atoms with Crippen molar-refractivity contribution in [3.05, 3.63) is 88.9 Å². The molecular formula is C21H13Cl2N. The summed E-state index contributed by atoms with van der Waals surface area (Å²) in [5, 5.41) is 2.27. The Bertz CT molecular complexity index is 1010. The van der Waals surface area contributed by atoms with E-state index in [1.807, 2.05) is 66.7 Å². The van der Waals surface area contributed by atoms with E-state index in [1.54, 1.807) is 0 Å². The normalized spacial score (nSPS) is 10.9. The Morgan fingerprint density at radius 3 is 1.96 bits per heavy atom. The molecular weight excluding hydrogens is 337 g/mol. The molecule has 3 aromatic carbocycles. The molecule has 3 heteroatoms.